The summed E-state index contributed by atoms with van der Waals surface area (Å²) in [4.78, 5) is 11.2. The van der Waals surface area contributed by atoms with Crippen molar-refractivity contribution in [2.24, 2.45) is 5.92 Å². The minimum atomic E-state index is -3.18. The first-order valence-electron chi connectivity index (χ1n) is 4.50. The zero-order valence-corrected chi connectivity index (χ0v) is 9.04. The molecule has 0 aliphatic carbocycles. The van der Waals surface area contributed by atoms with Gasteiger partial charge in [-0.1, -0.05) is 13.8 Å². The summed E-state index contributed by atoms with van der Waals surface area (Å²) in [6.07, 6.45) is -0.970. The molecular formula is C8H15NO4S. The van der Waals surface area contributed by atoms with Crippen molar-refractivity contribution in [3.63, 3.8) is 0 Å². The summed E-state index contributed by atoms with van der Waals surface area (Å²) in [5.41, 5.74) is 0. The van der Waals surface area contributed by atoms with Crippen molar-refractivity contribution in [2.75, 3.05) is 11.5 Å². The fraction of sp³-hybridized carbons (Fsp3) is 0.875. The molecule has 0 aromatic heterocycles. The normalized spacial score (nSPS) is 30.6. The highest BCUT2D eigenvalue weighted by molar-refractivity contribution is 7.91. The fourth-order valence-electron chi connectivity index (χ4n) is 1.32. The summed E-state index contributed by atoms with van der Waals surface area (Å²) >= 11 is 0. The van der Waals surface area contributed by atoms with E-state index >= 15 is 0 Å². The number of rotatable bonds is 2. The van der Waals surface area contributed by atoms with Crippen LogP contribution in [0.4, 0.5) is 0 Å². The average Bonchev–Trinajstić information content (AvgIpc) is 2.24. The number of aliphatic hydroxyl groups excluding tert-OH is 1. The molecule has 0 aromatic rings. The van der Waals surface area contributed by atoms with Crippen LogP contribution in [0.25, 0.3) is 0 Å². The van der Waals surface area contributed by atoms with Crippen molar-refractivity contribution in [3.05, 3.63) is 0 Å². The largest absolute Gasteiger partial charge is 0.390 e. The molecule has 1 aliphatic rings. The third-order valence-electron chi connectivity index (χ3n) is 2.17. The zero-order chi connectivity index (χ0) is 10.9. The molecule has 0 aromatic carbocycles. The third kappa shape index (κ3) is 2.68. The van der Waals surface area contributed by atoms with Crippen LogP contribution in [0.2, 0.25) is 0 Å². The number of hydrogen-bond acceptors (Lipinski definition) is 4. The van der Waals surface area contributed by atoms with Gasteiger partial charge in [0.15, 0.2) is 9.84 Å². The Hall–Kier alpha value is -0.620. The van der Waals surface area contributed by atoms with E-state index in [1.54, 1.807) is 13.8 Å². The number of nitrogens with one attached hydrogen (secondary N) is 1. The van der Waals surface area contributed by atoms with Crippen molar-refractivity contribution < 1.29 is 18.3 Å². The summed E-state index contributed by atoms with van der Waals surface area (Å²) in [7, 11) is -3.18. The van der Waals surface area contributed by atoms with Crippen LogP contribution in [0.3, 0.4) is 0 Å². The van der Waals surface area contributed by atoms with E-state index in [0.717, 1.165) is 0 Å². The van der Waals surface area contributed by atoms with Crippen molar-refractivity contribution in [1.29, 1.82) is 0 Å². The van der Waals surface area contributed by atoms with Crippen molar-refractivity contribution in [3.8, 4) is 0 Å². The molecule has 0 unspecified atom stereocenters. The van der Waals surface area contributed by atoms with Gasteiger partial charge in [-0.25, -0.2) is 8.42 Å². The Morgan fingerprint density at radius 1 is 1.43 bits per heavy atom. The van der Waals surface area contributed by atoms with Crippen molar-refractivity contribution in [1.82, 2.24) is 5.32 Å². The molecule has 0 bridgehead atoms. The maximum atomic E-state index is 11.2. The SMILES string of the molecule is CC(C)C(=O)N[C@H]1CS(=O)(=O)C[C@H]1O. The van der Waals surface area contributed by atoms with E-state index < -0.39 is 22.0 Å². The van der Waals surface area contributed by atoms with E-state index in [9.17, 15) is 18.3 Å². The molecular weight excluding hydrogens is 206 g/mol. The van der Waals surface area contributed by atoms with Gasteiger partial charge >= 0.3 is 0 Å². The van der Waals surface area contributed by atoms with E-state index in [2.05, 4.69) is 5.32 Å². The second kappa shape index (κ2) is 3.86. The van der Waals surface area contributed by atoms with Gasteiger partial charge in [0, 0.05) is 5.92 Å². The molecule has 2 N–H and O–H groups in total. The van der Waals surface area contributed by atoms with E-state index in [-0.39, 0.29) is 23.3 Å². The Morgan fingerprint density at radius 3 is 2.36 bits per heavy atom. The number of hydrogen-bond donors (Lipinski definition) is 2. The van der Waals surface area contributed by atoms with Gasteiger partial charge in [0.2, 0.25) is 5.91 Å². The fourth-order valence-corrected chi connectivity index (χ4v) is 3.06. The van der Waals surface area contributed by atoms with Gasteiger partial charge in [-0.15, -0.1) is 0 Å². The summed E-state index contributed by atoms with van der Waals surface area (Å²) in [6, 6.07) is -0.644. The molecule has 1 heterocycles. The topological polar surface area (TPSA) is 83.5 Å². The molecule has 0 radical (unpaired) electrons. The number of aliphatic hydroxyl groups is 1. The Labute approximate surface area is 83.4 Å². The summed E-state index contributed by atoms with van der Waals surface area (Å²) in [6.45, 7) is 3.43. The first-order valence-corrected chi connectivity index (χ1v) is 6.33. The Morgan fingerprint density at radius 2 is 2.00 bits per heavy atom. The van der Waals surface area contributed by atoms with Crippen molar-refractivity contribution >= 4 is 15.7 Å². The standard InChI is InChI=1S/C8H15NO4S/c1-5(2)8(11)9-6-3-14(12,13)4-7(6)10/h5-7,10H,3-4H2,1-2H3,(H,9,11)/t6-,7+/m0/s1. The van der Waals surface area contributed by atoms with E-state index in [0.29, 0.717) is 0 Å². The highest BCUT2D eigenvalue weighted by atomic mass is 32.2. The summed E-state index contributed by atoms with van der Waals surface area (Å²) in [5, 5.41) is 11.9. The Balaban J connectivity index is 2.60. The smallest absolute Gasteiger partial charge is 0.222 e. The van der Waals surface area contributed by atoms with Gasteiger partial charge in [-0.2, -0.15) is 0 Å². The number of sulfone groups is 1. The molecule has 2 atom stereocenters. The predicted molar refractivity (Wildman–Crippen MR) is 51.4 cm³/mol. The zero-order valence-electron chi connectivity index (χ0n) is 8.23. The second-order valence-corrected chi connectivity index (χ2v) is 6.07. The molecule has 1 fully saturated rings. The summed E-state index contributed by atoms with van der Waals surface area (Å²) in [5.74, 6) is -0.848. The molecule has 1 aliphatic heterocycles. The lowest BCUT2D eigenvalue weighted by Crippen LogP contribution is -2.44. The molecule has 0 spiro atoms. The lowest BCUT2D eigenvalue weighted by molar-refractivity contribution is -0.125. The maximum absolute atomic E-state index is 11.2. The van der Waals surface area contributed by atoms with Gasteiger partial charge in [-0.05, 0) is 0 Å². The monoisotopic (exact) mass is 221 g/mol. The number of carbonyl (C=O) groups is 1. The summed E-state index contributed by atoms with van der Waals surface area (Å²) < 4.78 is 22.2. The Bertz CT molecular complexity index is 322. The Kier molecular flexibility index (Phi) is 3.16. The highest BCUT2D eigenvalue weighted by Crippen LogP contribution is 2.12. The molecule has 1 rings (SSSR count). The van der Waals surface area contributed by atoms with Crippen LogP contribution < -0.4 is 5.32 Å². The molecule has 14 heavy (non-hydrogen) atoms. The number of amides is 1. The third-order valence-corrected chi connectivity index (χ3v) is 3.89. The van der Waals surface area contributed by atoms with Gasteiger partial charge in [0.1, 0.15) is 0 Å². The lowest BCUT2D eigenvalue weighted by Gasteiger charge is -2.16. The van der Waals surface area contributed by atoms with Crippen LogP contribution in [-0.2, 0) is 14.6 Å². The van der Waals surface area contributed by atoms with Crippen LogP contribution in [0.15, 0.2) is 0 Å². The van der Waals surface area contributed by atoms with Gasteiger partial charge in [-0.3, -0.25) is 4.79 Å². The molecule has 0 saturated carbocycles. The first-order chi connectivity index (χ1) is 6.32. The average molecular weight is 221 g/mol. The van der Waals surface area contributed by atoms with Crippen LogP contribution in [-0.4, -0.2) is 43.1 Å². The van der Waals surface area contributed by atoms with Crippen LogP contribution in [0.1, 0.15) is 13.8 Å². The quantitative estimate of drug-likeness (QED) is 0.621. The maximum Gasteiger partial charge on any atom is 0.222 e. The number of carbonyl (C=O) groups excluding carboxylic acids is 1. The van der Waals surface area contributed by atoms with E-state index in [1.807, 2.05) is 0 Å². The van der Waals surface area contributed by atoms with Crippen LogP contribution in [0.5, 0.6) is 0 Å². The van der Waals surface area contributed by atoms with Crippen LogP contribution in [0, 0.1) is 5.92 Å². The van der Waals surface area contributed by atoms with E-state index in [1.165, 1.54) is 0 Å². The molecule has 1 amide bonds. The highest BCUT2D eigenvalue weighted by Gasteiger charge is 2.37. The van der Waals surface area contributed by atoms with Crippen LogP contribution >= 0.6 is 0 Å². The van der Waals surface area contributed by atoms with Gasteiger partial charge < -0.3 is 10.4 Å². The lowest BCUT2D eigenvalue weighted by atomic mass is 10.1. The van der Waals surface area contributed by atoms with Crippen molar-refractivity contribution in [2.45, 2.75) is 26.0 Å². The predicted octanol–water partition coefficient (Wildman–Crippen LogP) is -1.08. The van der Waals surface area contributed by atoms with Gasteiger partial charge in [0.05, 0.1) is 23.7 Å². The second-order valence-electron chi connectivity index (χ2n) is 3.91. The molecule has 82 valence electrons. The minimum absolute atomic E-state index is 0.160. The minimum Gasteiger partial charge on any atom is -0.390 e. The van der Waals surface area contributed by atoms with E-state index in [4.69, 9.17) is 0 Å². The molecule has 6 heteroatoms. The first kappa shape index (κ1) is 11.5. The molecule has 1 saturated heterocycles. The molecule has 5 nitrogen and oxygen atoms in total. The van der Waals surface area contributed by atoms with Gasteiger partial charge in [0.25, 0.3) is 0 Å².